The van der Waals surface area contributed by atoms with Gasteiger partial charge in [0, 0.05) is 6.54 Å². The first kappa shape index (κ1) is 22.3. The van der Waals surface area contributed by atoms with Gasteiger partial charge in [0.2, 0.25) is 5.91 Å². The Bertz CT molecular complexity index is 1230. The molecule has 0 aliphatic heterocycles. The fourth-order valence-corrected chi connectivity index (χ4v) is 4.99. The minimum Gasteiger partial charge on any atom is -0.355 e. The molecule has 0 fully saturated rings. The number of hydrogen-bond donors (Lipinski definition) is 1. The molecule has 1 aliphatic rings. The van der Waals surface area contributed by atoms with E-state index in [4.69, 9.17) is 4.98 Å². The van der Waals surface area contributed by atoms with Gasteiger partial charge < -0.3 is 5.32 Å². The Labute approximate surface area is 192 Å². The molecule has 32 heavy (non-hydrogen) atoms. The lowest BCUT2D eigenvalue weighted by molar-refractivity contribution is -0.118. The molecule has 0 saturated carbocycles. The summed E-state index contributed by atoms with van der Waals surface area (Å²) >= 11 is 1.30. The van der Waals surface area contributed by atoms with Crippen LogP contribution >= 0.6 is 11.8 Å². The van der Waals surface area contributed by atoms with Crippen molar-refractivity contribution in [3.63, 3.8) is 0 Å². The molecule has 0 atom stereocenters. The van der Waals surface area contributed by atoms with Crippen molar-refractivity contribution in [3.8, 4) is 5.69 Å². The van der Waals surface area contributed by atoms with E-state index in [0.29, 0.717) is 22.6 Å². The second-order valence-corrected chi connectivity index (χ2v) is 9.28. The number of hydrogen-bond acceptors (Lipinski definition) is 4. The second kappa shape index (κ2) is 10.2. The molecule has 0 unspecified atom stereocenters. The number of allylic oxidation sites excluding steroid dienone is 1. The summed E-state index contributed by atoms with van der Waals surface area (Å²) in [5, 5.41) is 4.12. The largest absolute Gasteiger partial charge is 0.355 e. The van der Waals surface area contributed by atoms with Crippen molar-refractivity contribution in [1.29, 1.82) is 0 Å². The maximum Gasteiger partial charge on any atom is 0.266 e. The molecule has 166 valence electrons. The molecular formula is C26H29N3O2S. The van der Waals surface area contributed by atoms with Crippen molar-refractivity contribution in [3.05, 3.63) is 75.6 Å². The number of para-hydroxylation sites is 1. The Morgan fingerprint density at radius 3 is 2.78 bits per heavy atom. The minimum atomic E-state index is -0.116. The van der Waals surface area contributed by atoms with Crippen LogP contribution in [-0.4, -0.2) is 27.8 Å². The third kappa shape index (κ3) is 5.13. The van der Waals surface area contributed by atoms with E-state index in [2.05, 4.69) is 17.5 Å². The Kier molecular flexibility index (Phi) is 7.10. The van der Waals surface area contributed by atoms with Crippen LogP contribution in [0.25, 0.3) is 16.6 Å². The Morgan fingerprint density at radius 2 is 2.00 bits per heavy atom. The summed E-state index contributed by atoms with van der Waals surface area (Å²) in [4.78, 5) is 30.6. The smallest absolute Gasteiger partial charge is 0.266 e. The lowest BCUT2D eigenvalue weighted by atomic mass is 9.97. The van der Waals surface area contributed by atoms with Crippen molar-refractivity contribution in [2.75, 3.05) is 12.3 Å². The molecular weight excluding hydrogens is 418 g/mol. The molecule has 3 aromatic rings. The van der Waals surface area contributed by atoms with Crippen molar-refractivity contribution in [2.24, 2.45) is 0 Å². The number of aryl methyl sites for hydroxylation is 2. The lowest BCUT2D eigenvalue weighted by Gasteiger charge is -2.16. The van der Waals surface area contributed by atoms with Gasteiger partial charge in [0.15, 0.2) is 5.16 Å². The fourth-order valence-electron chi connectivity index (χ4n) is 4.15. The van der Waals surface area contributed by atoms with Gasteiger partial charge in [-0.05, 0) is 69.7 Å². The molecule has 1 aliphatic carbocycles. The van der Waals surface area contributed by atoms with E-state index in [-0.39, 0.29) is 17.2 Å². The van der Waals surface area contributed by atoms with Gasteiger partial charge in [-0.1, -0.05) is 53.2 Å². The highest BCUT2D eigenvalue weighted by molar-refractivity contribution is 7.99. The molecule has 0 saturated heterocycles. The highest BCUT2D eigenvalue weighted by Crippen LogP contribution is 2.24. The van der Waals surface area contributed by atoms with Crippen molar-refractivity contribution in [2.45, 2.75) is 51.1 Å². The predicted molar refractivity (Wildman–Crippen MR) is 132 cm³/mol. The summed E-state index contributed by atoms with van der Waals surface area (Å²) in [5.41, 5.74) is 4.90. The van der Waals surface area contributed by atoms with E-state index in [1.165, 1.54) is 30.2 Å². The molecule has 1 amide bonds. The molecule has 1 heterocycles. The number of aromatic nitrogens is 2. The zero-order valence-corrected chi connectivity index (χ0v) is 19.5. The van der Waals surface area contributed by atoms with Gasteiger partial charge in [-0.3, -0.25) is 14.2 Å². The first-order chi connectivity index (χ1) is 15.5. The van der Waals surface area contributed by atoms with Gasteiger partial charge in [-0.25, -0.2) is 4.98 Å². The van der Waals surface area contributed by atoms with Crippen LogP contribution in [0.1, 0.15) is 43.2 Å². The number of nitrogens with zero attached hydrogens (tertiary/aromatic N) is 2. The molecule has 2 aromatic carbocycles. The maximum atomic E-state index is 13.4. The number of carbonyl (C=O) groups excluding carboxylic acids is 1. The van der Waals surface area contributed by atoms with E-state index in [0.717, 1.165) is 36.1 Å². The normalized spacial score (nSPS) is 13.8. The van der Waals surface area contributed by atoms with Crippen molar-refractivity contribution < 1.29 is 4.79 Å². The monoisotopic (exact) mass is 447 g/mol. The van der Waals surface area contributed by atoms with E-state index >= 15 is 0 Å². The number of fused-ring (bicyclic) bond motifs is 1. The molecule has 4 rings (SSSR count). The van der Waals surface area contributed by atoms with Crippen molar-refractivity contribution >= 4 is 28.6 Å². The molecule has 0 spiro atoms. The summed E-state index contributed by atoms with van der Waals surface area (Å²) < 4.78 is 1.64. The number of nitrogens with one attached hydrogen (secondary N) is 1. The second-order valence-electron chi connectivity index (χ2n) is 8.34. The molecule has 6 heteroatoms. The fraction of sp³-hybridized carbons (Fsp3) is 0.346. The number of rotatable bonds is 7. The first-order valence-electron chi connectivity index (χ1n) is 11.2. The third-order valence-electron chi connectivity index (χ3n) is 5.82. The summed E-state index contributed by atoms with van der Waals surface area (Å²) in [6.07, 6.45) is 8.05. The number of carbonyl (C=O) groups is 1. The highest BCUT2D eigenvalue weighted by atomic mass is 32.2. The number of benzene rings is 2. The average Bonchev–Trinajstić information content (AvgIpc) is 2.79. The van der Waals surface area contributed by atoms with E-state index in [1.807, 2.05) is 44.2 Å². The summed E-state index contributed by atoms with van der Waals surface area (Å²) in [7, 11) is 0. The van der Waals surface area contributed by atoms with E-state index in [9.17, 15) is 9.59 Å². The van der Waals surface area contributed by atoms with Crippen LogP contribution in [0.15, 0.2) is 64.1 Å². The van der Waals surface area contributed by atoms with Gasteiger partial charge in [-0.15, -0.1) is 0 Å². The molecule has 0 bridgehead atoms. The zero-order chi connectivity index (χ0) is 22.5. The van der Waals surface area contributed by atoms with Crippen LogP contribution in [0.5, 0.6) is 0 Å². The quantitative estimate of drug-likeness (QED) is 0.311. The van der Waals surface area contributed by atoms with Crippen molar-refractivity contribution in [1.82, 2.24) is 14.9 Å². The minimum absolute atomic E-state index is 0.0407. The van der Waals surface area contributed by atoms with Crippen LogP contribution in [0.3, 0.4) is 0 Å². The standard InChI is InChI=1S/C26H29N3O2S/c1-18-12-13-23(19(2)16-18)29-25(31)21-10-6-7-11-22(21)28-26(29)32-17-24(30)27-15-14-20-8-4-3-5-9-20/h6-8,10-13,16H,3-5,9,14-15,17H2,1-2H3,(H,27,30). The number of amides is 1. The Morgan fingerprint density at radius 1 is 1.16 bits per heavy atom. The van der Waals surface area contributed by atoms with Crippen LogP contribution < -0.4 is 10.9 Å². The van der Waals surface area contributed by atoms with Gasteiger partial charge in [0.25, 0.3) is 5.56 Å². The van der Waals surface area contributed by atoms with Gasteiger partial charge >= 0.3 is 0 Å². The average molecular weight is 448 g/mol. The Hall–Kier alpha value is -2.86. The maximum absolute atomic E-state index is 13.4. The van der Waals surface area contributed by atoms with E-state index in [1.54, 1.807) is 10.6 Å². The SMILES string of the molecule is Cc1ccc(-n2c(SCC(=O)NCCC3=CCCCC3)nc3ccccc3c2=O)c(C)c1. The highest BCUT2D eigenvalue weighted by Gasteiger charge is 2.16. The van der Waals surface area contributed by atoms with Crippen LogP contribution in [0.2, 0.25) is 0 Å². The van der Waals surface area contributed by atoms with Gasteiger partial charge in [0.05, 0.1) is 22.3 Å². The first-order valence-corrected chi connectivity index (χ1v) is 12.2. The third-order valence-corrected chi connectivity index (χ3v) is 6.76. The molecule has 5 nitrogen and oxygen atoms in total. The van der Waals surface area contributed by atoms with E-state index < -0.39 is 0 Å². The van der Waals surface area contributed by atoms with Crippen LogP contribution in [-0.2, 0) is 4.79 Å². The van der Waals surface area contributed by atoms with Gasteiger partial charge in [0.1, 0.15) is 0 Å². The topological polar surface area (TPSA) is 64.0 Å². The van der Waals surface area contributed by atoms with Crippen LogP contribution in [0, 0.1) is 13.8 Å². The molecule has 0 radical (unpaired) electrons. The van der Waals surface area contributed by atoms with Crippen LogP contribution in [0.4, 0.5) is 0 Å². The number of thioether (sulfide) groups is 1. The Balaban J connectivity index is 1.55. The van der Waals surface area contributed by atoms with Gasteiger partial charge in [-0.2, -0.15) is 0 Å². The lowest BCUT2D eigenvalue weighted by Crippen LogP contribution is -2.27. The molecule has 1 N–H and O–H groups in total. The molecule has 1 aromatic heterocycles. The zero-order valence-electron chi connectivity index (χ0n) is 18.7. The summed E-state index contributed by atoms with van der Waals surface area (Å²) in [5.74, 6) is 0.176. The summed E-state index contributed by atoms with van der Waals surface area (Å²) in [6, 6.07) is 13.3. The summed E-state index contributed by atoms with van der Waals surface area (Å²) in [6.45, 7) is 4.67. The predicted octanol–water partition coefficient (Wildman–Crippen LogP) is 5.10.